The van der Waals surface area contributed by atoms with Crippen LogP contribution in [-0.2, 0) is 0 Å². The Labute approximate surface area is 162 Å². The molecule has 1 unspecified atom stereocenters. The molecule has 2 saturated heterocycles. The summed E-state index contributed by atoms with van der Waals surface area (Å²) in [5.41, 5.74) is 3.12. The number of piperidine rings is 2. The minimum atomic E-state index is 0.0165. The topological polar surface area (TPSA) is 82.2 Å². The first-order valence-corrected chi connectivity index (χ1v) is 10.5. The van der Waals surface area contributed by atoms with Gasteiger partial charge < -0.3 is 9.80 Å². The lowest BCUT2D eigenvalue weighted by molar-refractivity contribution is 0.0376. The van der Waals surface area contributed by atoms with Gasteiger partial charge in [-0.05, 0) is 51.0 Å². The van der Waals surface area contributed by atoms with Crippen LogP contribution >= 0.6 is 11.3 Å². The van der Waals surface area contributed by atoms with Gasteiger partial charge in [0.05, 0.1) is 11.2 Å². The number of likely N-dealkylation sites (tertiary alicyclic amines) is 2. The van der Waals surface area contributed by atoms with Crippen LogP contribution in [0.4, 0.5) is 0 Å². The molecular weight excluding hydrogens is 362 g/mol. The summed E-state index contributed by atoms with van der Waals surface area (Å²) in [6.45, 7) is 4.21. The van der Waals surface area contributed by atoms with Gasteiger partial charge >= 0.3 is 0 Å². The van der Waals surface area contributed by atoms with Crippen molar-refractivity contribution in [1.82, 2.24) is 25.0 Å². The molecule has 0 saturated carbocycles. The zero-order valence-electron chi connectivity index (χ0n) is 15.6. The number of aromatic amines is 1. The molecule has 7 nitrogen and oxygen atoms in total. The van der Waals surface area contributed by atoms with Crippen LogP contribution in [-0.4, -0.2) is 62.5 Å². The molecule has 2 aliphatic heterocycles. The number of aromatic nitrogens is 3. The van der Waals surface area contributed by atoms with Crippen LogP contribution in [0.5, 0.6) is 0 Å². The quantitative estimate of drug-likeness (QED) is 0.878. The van der Waals surface area contributed by atoms with Crippen molar-refractivity contribution < 1.29 is 9.59 Å². The van der Waals surface area contributed by atoms with Gasteiger partial charge in [-0.15, -0.1) is 11.3 Å². The van der Waals surface area contributed by atoms with Gasteiger partial charge in [-0.25, -0.2) is 4.98 Å². The van der Waals surface area contributed by atoms with E-state index in [-0.39, 0.29) is 17.9 Å². The second-order valence-corrected chi connectivity index (χ2v) is 8.28. The van der Waals surface area contributed by atoms with Gasteiger partial charge in [-0.1, -0.05) is 0 Å². The number of hydrogen-bond acceptors (Lipinski definition) is 5. The third kappa shape index (κ3) is 3.63. The first-order valence-electron chi connectivity index (χ1n) is 9.65. The highest BCUT2D eigenvalue weighted by atomic mass is 32.1. The van der Waals surface area contributed by atoms with Gasteiger partial charge in [0.25, 0.3) is 11.8 Å². The minimum Gasteiger partial charge on any atom is -0.337 e. The lowest BCUT2D eigenvalue weighted by Crippen LogP contribution is -2.51. The molecule has 4 heterocycles. The minimum absolute atomic E-state index is 0.0165. The zero-order valence-corrected chi connectivity index (χ0v) is 16.4. The number of hydrogen-bond donors (Lipinski definition) is 1. The largest absolute Gasteiger partial charge is 0.337 e. The number of aryl methyl sites for hydroxylation is 1. The summed E-state index contributed by atoms with van der Waals surface area (Å²) in [7, 11) is 0. The highest BCUT2D eigenvalue weighted by Crippen LogP contribution is 2.32. The van der Waals surface area contributed by atoms with Crippen LogP contribution in [0, 0.1) is 12.8 Å². The molecule has 2 aliphatic rings. The molecule has 0 aromatic carbocycles. The summed E-state index contributed by atoms with van der Waals surface area (Å²) in [5.74, 6) is 0.603. The third-order valence-electron chi connectivity index (χ3n) is 5.85. The van der Waals surface area contributed by atoms with Gasteiger partial charge in [0, 0.05) is 31.9 Å². The van der Waals surface area contributed by atoms with E-state index in [0.29, 0.717) is 11.6 Å². The van der Waals surface area contributed by atoms with Crippen LogP contribution in [0.1, 0.15) is 58.0 Å². The first-order chi connectivity index (χ1) is 13.1. The monoisotopic (exact) mass is 387 g/mol. The van der Waals surface area contributed by atoms with Gasteiger partial charge in [-0.2, -0.15) is 5.10 Å². The van der Waals surface area contributed by atoms with Crippen LogP contribution in [0.3, 0.4) is 0 Å². The van der Waals surface area contributed by atoms with Gasteiger partial charge in [0.2, 0.25) is 0 Å². The number of amides is 2. The van der Waals surface area contributed by atoms with Crippen molar-refractivity contribution in [1.29, 1.82) is 0 Å². The summed E-state index contributed by atoms with van der Waals surface area (Å²) in [6, 6.07) is 1.99. The van der Waals surface area contributed by atoms with Crippen molar-refractivity contribution >= 4 is 23.2 Å². The molecular formula is C19H25N5O2S. The van der Waals surface area contributed by atoms with E-state index in [9.17, 15) is 9.59 Å². The highest BCUT2D eigenvalue weighted by Gasteiger charge is 2.36. The highest BCUT2D eigenvalue weighted by molar-refractivity contribution is 7.11. The molecule has 1 N–H and O–H groups in total. The Bertz CT molecular complexity index is 795. The third-order valence-corrected chi connectivity index (χ3v) is 6.77. The molecule has 2 aromatic heterocycles. The molecule has 27 heavy (non-hydrogen) atoms. The van der Waals surface area contributed by atoms with Crippen molar-refractivity contribution in [2.45, 2.75) is 45.1 Å². The molecule has 144 valence electrons. The van der Waals surface area contributed by atoms with Crippen LogP contribution in [0.2, 0.25) is 0 Å². The van der Waals surface area contributed by atoms with E-state index >= 15 is 0 Å². The number of carbonyl (C=O) groups is 2. The standard InChI is InChI=1S/C19H25N5O2S/c1-13-17(27-12-20-13)19(26)24-9-3-2-4-16(24)14-6-10-23(11-7-14)18(25)15-5-8-21-22-15/h5,8,12,14,16H,2-4,6-7,9-11H2,1H3,(H,21,22). The maximum atomic E-state index is 13.1. The van der Waals surface area contributed by atoms with Crippen molar-refractivity contribution in [2.75, 3.05) is 19.6 Å². The lowest BCUT2D eigenvalue weighted by atomic mass is 9.83. The summed E-state index contributed by atoms with van der Waals surface area (Å²) >= 11 is 1.44. The molecule has 8 heteroatoms. The van der Waals surface area contributed by atoms with E-state index in [0.717, 1.165) is 55.9 Å². The van der Waals surface area contributed by atoms with Gasteiger partial charge in [0.15, 0.2) is 0 Å². The Kier molecular flexibility index (Phi) is 5.24. The molecule has 0 bridgehead atoms. The van der Waals surface area contributed by atoms with Crippen LogP contribution < -0.4 is 0 Å². The number of carbonyl (C=O) groups excluding carboxylic acids is 2. The van der Waals surface area contributed by atoms with E-state index < -0.39 is 0 Å². The van der Waals surface area contributed by atoms with Gasteiger partial charge in [0.1, 0.15) is 10.6 Å². The Morgan fingerprint density at radius 3 is 2.63 bits per heavy atom. The van der Waals surface area contributed by atoms with Crippen LogP contribution in [0.25, 0.3) is 0 Å². The molecule has 0 spiro atoms. The molecule has 0 radical (unpaired) electrons. The van der Waals surface area contributed by atoms with E-state index in [1.807, 2.05) is 11.8 Å². The van der Waals surface area contributed by atoms with E-state index in [4.69, 9.17) is 0 Å². The number of thiazole rings is 1. The fourth-order valence-corrected chi connectivity index (χ4v) is 5.13. The van der Waals surface area contributed by atoms with E-state index in [2.05, 4.69) is 20.1 Å². The van der Waals surface area contributed by atoms with E-state index in [1.165, 1.54) is 17.8 Å². The summed E-state index contributed by atoms with van der Waals surface area (Å²) in [4.78, 5) is 34.6. The molecule has 0 aliphatic carbocycles. The second kappa shape index (κ2) is 7.80. The number of H-pyrrole nitrogens is 1. The lowest BCUT2D eigenvalue weighted by Gasteiger charge is -2.43. The number of nitrogens with zero attached hydrogens (tertiary/aromatic N) is 4. The van der Waals surface area contributed by atoms with E-state index in [1.54, 1.807) is 17.8 Å². The predicted molar refractivity (Wildman–Crippen MR) is 103 cm³/mol. The zero-order chi connectivity index (χ0) is 18.8. The maximum Gasteiger partial charge on any atom is 0.271 e. The number of nitrogens with one attached hydrogen (secondary N) is 1. The maximum absolute atomic E-state index is 13.1. The Morgan fingerprint density at radius 1 is 1.15 bits per heavy atom. The molecule has 2 aromatic rings. The second-order valence-electron chi connectivity index (χ2n) is 7.43. The predicted octanol–water partition coefficient (Wildman–Crippen LogP) is 2.72. The normalized spacial score (nSPS) is 21.4. The summed E-state index contributed by atoms with van der Waals surface area (Å²) < 4.78 is 0. The molecule has 2 fully saturated rings. The smallest absolute Gasteiger partial charge is 0.271 e. The molecule has 2 amide bonds. The Morgan fingerprint density at radius 2 is 1.96 bits per heavy atom. The first kappa shape index (κ1) is 18.2. The SMILES string of the molecule is Cc1ncsc1C(=O)N1CCCCC1C1CCN(C(=O)c2ccn[nH]2)CC1. The van der Waals surface area contributed by atoms with Crippen molar-refractivity contribution in [3.8, 4) is 0 Å². The Hall–Kier alpha value is -2.22. The molecule has 1 atom stereocenters. The van der Waals surface area contributed by atoms with Crippen molar-refractivity contribution in [3.05, 3.63) is 34.0 Å². The summed E-state index contributed by atoms with van der Waals surface area (Å²) in [5, 5.41) is 6.62. The van der Waals surface area contributed by atoms with Crippen molar-refractivity contribution in [3.63, 3.8) is 0 Å². The van der Waals surface area contributed by atoms with Crippen molar-refractivity contribution in [2.24, 2.45) is 5.92 Å². The molecule has 4 rings (SSSR count). The average molecular weight is 388 g/mol. The fraction of sp³-hybridized carbons (Fsp3) is 0.579. The fourth-order valence-electron chi connectivity index (χ4n) is 4.37. The number of rotatable bonds is 3. The average Bonchev–Trinajstić information content (AvgIpc) is 3.39. The summed E-state index contributed by atoms with van der Waals surface area (Å²) in [6.07, 6.45) is 6.78. The van der Waals surface area contributed by atoms with Gasteiger partial charge in [-0.3, -0.25) is 14.7 Å². The van der Waals surface area contributed by atoms with Crippen LogP contribution in [0.15, 0.2) is 17.8 Å². The Balaban J connectivity index is 1.42.